The predicted molar refractivity (Wildman–Crippen MR) is 148 cm³/mol. The Hall–Kier alpha value is -3.71. The first-order chi connectivity index (χ1) is 17.2. The van der Waals surface area contributed by atoms with Gasteiger partial charge >= 0.3 is 211 Å². The van der Waals surface area contributed by atoms with Crippen LogP contribution in [0.1, 0.15) is 10.4 Å². The van der Waals surface area contributed by atoms with Crippen LogP contribution in [0.5, 0.6) is 0 Å². The summed E-state index contributed by atoms with van der Waals surface area (Å²) < 4.78 is 7.04. The molecule has 172 valence electrons. The van der Waals surface area contributed by atoms with Gasteiger partial charge in [0, 0.05) is 0 Å². The summed E-state index contributed by atoms with van der Waals surface area (Å²) >= 11 is 7.02. The van der Waals surface area contributed by atoms with Gasteiger partial charge in [0.15, 0.2) is 0 Å². The van der Waals surface area contributed by atoms with Crippen LogP contribution in [0.3, 0.4) is 0 Å². The summed E-state index contributed by atoms with van der Waals surface area (Å²) in [5.41, 5.74) is 0.483. The molecule has 0 fully saturated rings. The fraction of sp³-hybridized carbons (Fsp3) is 0. The molecule has 0 unspecified atom stereocenters. The monoisotopic (exact) mass is 494 g/mol. The Morgan fingerprint density at radius 3 is 1.31 bits per heavy atom. The molecule has 0 N–H and O–H groups in total. The van der Waals surface area contributed by atoms with Crippen molar-refractivity contribution < 1.29 is 9.32 Å². The number of halogens is 1. The average Bonchev–Trinajstić information content (AvgIpc) is 2.94. The molecule has 0 aromatic heterocycles. The molecule has 0 aliphatic heterocycles. The maximum atomic E-state index is 14.0. The Bertz CT molecular complexity index is 1340. The van der Waals surface area contributed by atoms with Crippen molar-refractivity contribution in [3.63, 3.8) is 0 Å². The zero-order chi connectivity index (χ0) is 24.2. The predicted octanol–water partition coefficient (Wildman–Crippen LogP) is 6.27. The van der Waals surface area contributed by atoms with Gasteiger partial charge in [-0.05, 0) is 0 Å². The minimum atomic E-state index is -4.16. The van der Waals surface area contributed by atoms with E-state index in [0.717, 1.165) is 21.2 Å². The first-order valence-electron chi connectivity index (χ1n) is 11.4. The summed E-state index contributed by atoms with van der Waals surface area (Å²) in [6.07, 6.45) is 0. The third kappa shape index (κ3) is 3.67. The van der Waals surface area contributed by atoms with Crippen molar-refractivity contribution in [2.45, 2.75) is 0 Å². The van der Waals surface area contributed by atoms with Crippen molar-refractivity contribution >= 4 is 45.6 Å². The first kappa shape index (κ1) is 23.1. The molecule has 0 aliphatic rings. The Morgan fingerprint density at radius 1 is 0.514 bits per heavy atom. The summed E-state index contributed by atoms with van der Waals surface area (Å²) in [4.78, 5) is 14.0. The van der Waals surface area contributed by atoms with Crippen molar-refractivity contribution in [2.24, 2.45) is 0 Å². The van der Waals surface area contributed by atoms with Crippen molar-refractivity contribution in [3.8, 4) is 0 Å². The third-order valence-electron chi connectivity index (χ3n) is 6.33. The average molecular weight is 495 g/mol. The van der Waals surface area contributed by atoms with E-state index in [9.17, 15) is 4.79 Å². The molecule has 0 saturated carbocycles. The number of carbonyl (C=O) groups excluding carboxylic acids is 1. The molecular formula is C31H24ClO2P. The van der Waals surface area contributed by atoms with Gasteiger partial charge in [0.1, 0.15) is 0 Å². The molecule has 0 bridgehead atoms. The van der Waals surface area contributed by atoms with E-state index in [1.807, 2.05) is 133 Å². The van der Waals surface area contributed by atoms with E-state index in [-0.39, 0.29) is 0 Å². The minimum absolute atomic E-state index is 0.403. The molecule has 0 spiro atoms. The fourth-order valence-electron chi connectivity index (χ4n) is 4.80. The zero-order valence-electron chi connectivity index (χ0n) is 19.0. The van der Waals surface area contributed by atoms with Crippen molar-refractivity contribution in [3.05, 3.63) is 156 Å². The molecule has 5 rings (SSSR count). The van der Waals surface area contributed by atoms with E-state index < -0.39 is 12.8 Å². The van der Waals surface area contributed by atoms with Crippen LogP contribution in [0.4, 0.5) is 0 Å². The standard InChI is InChI=1S/C31H24ClO2P/c32-29-23-13-14-24-30(29)35(26-17-7-2-8-18-26,27-19-9-3-10-20-27,28-21-11-4-12-22-28)34-31(33)25-15-5-1-6-16-25/h1-24H. The normalized spacial score (nSPS) is 12.3. The van der Waals surface area contributed by atoms with Crippen LogP contribution in [0.2, 0.25) is 5.02 Å². The van der Waals surface area contributed by atoms with Crippen molar-refractivity contribution in [2.75, 3.05) is 0 Å². The van der Waals surface area contributed by atoms with Gasteiger partial charge in [-0.3, -0.25) is 0 Å². The summed E-state index contributed by atoms with van der Waals surface area (Å²) in [6.45, 7) is -4.16. The van der Waals surface area contributed by atoms with E-state index in [1.54, 1.807) is 12.1 Å². The van der Waals surface area contributed by atoms with Gasteiger partial charge in [0.05, 0.1) is 0 Å². The second kappa shape index (κ2) is 9.50. The van der Waals surface area contributed by atoms with Crippen LogP contribution in [0.25, 0.3) is 0 Å². The summed E-state index contributed by atoms with van der Waals surface area (Å²) in [6, 6.07) is 46.9. The number of hydrogen-bond acceptors (Lipinski definition) is 2. The van der Waals surface area contributed by atoms with Crippen LogP contribution in [0.15, 0.2) is 146 Å². The molecule has 0 atom stereocenters. The number of hydrogen-bond donors (Lipinski definition) is 0. The molecule has 0 heterocycles. The summed E-state index contributed by atoms with van der Waals surface area (Å²) in [5.74, 6) is -0.403. The van der Waals surface area contributed by atoms with E-state index in [1.165, 1.54) is 0 Å². The van der Waals surface area contributed by atoms with Crippen LogP contribution >= 0.6 is 18.4 Å². The van der Waals surface area contributed by atoms with E-state index in [0.29, 0.717) is 10.6 Å². The molecule has 0 radical (unpaired) electrons. The van der Waals surface area contributed by atoms with Gasteiger partial charge in [-0.2, -0.15) is 0 Å². The second-order valence-corrected chi connectivity index (χ2v) is 12.9. The number of carbonyl (C=O) groups is 1. The molecule has 0 saturated heterocycles. The van der Waals surface area contributed by atoms with E-state index in [4.69, 9.17) is 16.1 Å². The molecule has 0 amide bonds. The Kier molecular flexibility index (Phi) is 6.26. The van der Waals surface area contributed by atoms with Gasteiger partial charge < -0.3 is 0 Å². The topological polar surface area (TPSA) is 26.3 Å². The SMILES string of the molecule is O=C(OP(c1ccccc1)(c1ccccc1)(c1ccccc1)c1ccccc1Cl)c1ccccc1. The van der Waals surface area contributed by atoms with Crippen molar-refractivity contribution in [1.82, 2.24) is 0 Å². The zero-order valence-corrected chi connectivity index (χ0v) is 20.6. The molecule has 5 aromatic rings. The van der Waals surface area contributed by atoms with Crippen LogP contribution < -0.4 is 21.2 Å². The second-order valence-electron chi connectivity index (χ2n) is 8.24. The Morgan fingerprint density at radius 2 is 0.886 bits per heavy atom. The maximum absolute atomic E-state index is 14.0. The van der Waals surface area contributed by atoms with E-state index >= 15 is 0 Å². The summed E-state index contributed by atoms with van der Waals surface area (Å²) in [5, 5.41) is 4.02. The fourth-order valence-corrected chi connectivity index (χ4v) is 11.1. The molecule has 35 heavy (non-hydrogen) atoms. The van der Waals surface area contributed by atoms with Gasteiger partial charge in [-0.1, -0.05) is 0 Å². The van der Waals surface area contributed by atoms with Gasteiger partial charge in [-0.15, -0.1) is 0 Å². The Balaban J connectivity index is 2.01. The third-order valence-corrected chi connectivity index (χ3v) is 12.5. The molecular weight excluding hydrogens is 471 g/mol. The molecule has 5 aromatic carbocycles. The van der Waals surface area contributed by atoms with Gasteiger partial charge in [-0.25, -0.2) is 0 Å². The van der Waals surface area contributed by atoms with Gasteiger partial charge in [0.25, 0.3) is 0 Å². The molecule has 0 aliphatic carbocycles. The molecule has 4 heteroatoms. The number of benzene rings is 5. The Labute approximate surface area is 210 Å². The molecule has 2 nitrogen and oxygen atoms in total. The van der Waals surface area contributed by atoms with Crippen LogP contribution in [-0.2, 0) is 4.52 Å². The van der Waals surface area contributed by atoms with Crippen molar-refractivity contribution in [1.29, 1.82) is 0 Å². The summed E-state index contributed by atoms with van der Waals surface area (Å²) in [7, 11) is 0. The number of rotatable bonds is 6. The quantitative estimate of drug-likeness (QED) is 0.260. The van der Waals surface area contributed by atoms with E-state index in [2.05, 4.69) is 0 Å². The van der Waals surface area contributed by atoms with Crippen LogP contribution in [0, 0.1) is 0 Å². The van der Waals surface area contributed by atoms with Crippen LogP contribution in [-0.4, -0.2) is 5.97 Å². The van der Waals surface area contributed by atoms with Gasteiger partial charge in [0.2, 0.25) is 0 Å². The first-order valence-corrected chi connectivity index (χ1v) is 13.9.